The Morgan fingerprint density at radius 2 is 2.20 bits per heavy atom. The number of aryl methyl sites for hydroxylation is 1. The van der Waals surface area contributed by atoms with Crippen molar-refractivity contribution < 1.29 is 0 Å². The van der Waals surface area contributed by atoms with E-state index < -0.39 is 0 Å². The fourth-order valence-corrected chi connectivity index (χ4v) is 2.47. The molecule has 0 aliphatic rings. The Hall–Kier alpha value is -2.14. The Morgan fingerprint density at radius 1 is 1.35 bits per heavy atom. The van der Waals surface area contributed by atoms with Gasteiger partial charge in [-0.2, -0.15) is 0 Å². The summed E-state index contributed by atoms with van der Waals surface area (Å²) in [4.78, 5) is 12.2. The largest absolute Gasteiger partial charge is 0.342 e. The maximum atomic E-state index is 5.77. The van der Waals surface area contributed by atoms with Crippen LogP contribution in [-0.4, -0.2) is 26.1 Å². The predicted octanol–water partition coefficient (Wildman–Crippen LogP) is 2.42. The van der Waals surface area contributed by atoms with E-state index in [4.69, 9.17) is 5.73 Å². The van der Waals surface area contributed by atoms with Gasteiger partial charge < -0.3 is 15.3 Å². The fourth-order valence-electron chi connectivity index (χ4n) is 2.47. The molecule has 104 valence electrons. The van der Waals surface area contributed by atoms with Crippen molar-refractivity contribution in [2.45, 2.75) is 19.3 Å². The minimum atomic E-state index is 0.294. The molecular formula is C15H19N5. The number of imidazole rings is 2. The normalized spacial score (nSPS) is 12.9. The summed E-state index contributed by atoms with van der Waals surface area (Å²) in [5, 5.41) is 0. The topological polar surface area (TPSA) is 72.5 Å². The third-order valence-electron chi connectivity index (χ3n) is 3.80. The van der Waals surface area contributed by atoms with E-state index in [2.05, 4.69) is 40.1 Å². The summed E-state index contributed by atoms with van der Waals surface area (Å²) in [6, 6.07) is 6.25. The smallest absolute Gasteiger partial charge is 0.110 e. The summed E-state index contributed by atoms with van der Waals surface area (Å²) in [6.45, 7) is 2.74. The van der Waals surface area contributed by atoms with Crippen LogP contribution in [0.4, 0.5) is 0 Å². The van der Waals surface area contributed by atoms with Crippen LogP contribution >= 0.6 is 0 Å². The van der Waals surface area contributed by atoms with Crippen molar-refractivity contribution in [2.75, 3.05) is 6.54 Å². The molecule has 0 aliphatic heterocycles. The second-order valence-corrected chi connectivity index (χ2v) is 5.08. The summed E-state index contributed by atoms with van der Waals surface area (Å²) in [5.41, 5.74) is 10.00. The zero-order valence-electron chi connectivity index (χ0n) is 11.8. The maximum absolute atomic E-state index is 5.77. The highest BCUT2D eigenvalue weighted by Gasteiger charge is 2.12. The van der Waals surface area contributed by atoms with Gasteiger partial charge in [0.2, 0.25) is 0 Å². The quantitative estimate of drug-likeness (QED) is 0.764. The van der Waals surface area contributed by atoms with E-state index in [9.17, 15) is 0 Å². The summed E-state index contributed by atoms with van der Waals surface area (Å²) in [5.74, 6) is 1.26. The first kappa shape index (κ1) is 12.9. The van der Waals surface area contributed by atoms with Crippen molar-refractivity contribution in [3.05, 3.63) is 36.5 Å². The van der Waals surface area contributed by atoms with Gasteiger partial charge in [0.05, 0.1) is 29.3 Å². The van der Waals surface area contributed by atoms with Crippen LogP contribution in [0.2, 0.25) is 0 Å². The van der Waals surface area contributed by atoms with Crippen molar-refractivity contribution in [3.8, 4) is 11.3 Å². The van der Waals surface area contributed by atoms with E-state index in [0.717, 1.165) is 34.5 Å². The van der Waals surface area contributed by atoms with E-state index in [1.54, 1.807) is 0 Å². The van der Waals surface area contributed by atoms with Crippen molar-refractivity contribution in [3.63, 3.8) is 0 Å². The molecule has 0 bridgehead atoms. The van der Waals surface area contributed by atoms with E-state index in [0.29, 0.717) is 12.5 Å². The number of benzene rings is 1. The van der Waals surface area contributed by atoms with Crippen molar-refractivity contribution in [1.29, 1.82) is 0 Å². The monoisotopic (exact) mass is 269 g/mol. The summed E-state index contributed by atoms with van der Waals surface area (Å²) >= 11 is 0. The van der Waals surface area contributed by atoms with Gasteiger partial charge in [-0.3, -0.25) is 0 Å². The predicted molar refractivity (Wildman–Crippen MR) is 80.4 cm³/mol. The number of aromatic amines is 1. The Labute approximate surface area is 117 Å². The van der Waals surface area contributed by atoms with E-state index in [-0.39, 0.29) is 0 Å². The van der Waals surface area contributed by atoms with Crippen LogP contribution in [0.25, 0.3) is 22.3 Å². The molecule has 0 spiro atoms. The molecule has 20 heavy (non-hydrogen) atoms. The Kier molecular flexibility index (Phi) is 3.28. The number of nitrogens with one attached hydrogen (secondary N) is 1. The number of aromatic nitrogens is 4. The second kappa shape index (κ2) is 5.09. The lowest BCUT2D eigenvalue weighted by atomic mass is 10.1. The average Bonchev–Trinajstić information content (AvgIpc) is 3.08. The molecule has 0 fully saturated rings. The summed E-state index contributed by atoms with van der Waals surface area (Å²) in [7, 11) is 2.00. The van der Waals surface area contributed by atoms with E-state index in [1.165, 1.54) is 0 Å². The van der Waals surface area contributed by atoms with Gasteiger partial charge in [0.15, 0.2) is 0 Å². The van der Waals surface area contributed by atoms with Gasteiger partial charge in [0, 0.05) is 25.1 Å². The molecule has 2 heterocycles. The molecule has 0 saturated heterocycles. The van der Waals surface area contributed by atoms with Gasteiger partial charge in [-0.25, -0.2) is 9.97 Å². The molecule has 5 heteroatoms. The lowest BCUT2D eigenvalue weighted by molar-refractivity contribution is 0.639. The fraction of sp³-hybridized carbons (Fsp3) is 0.333. The highest BCUT2D eigenvalue weighted by atomic mass is 15.0. The lowest BCUT2D eigenvalue weighted by Gasteiger charge is -2.07. The van der Waals surface area contributed by atoms with Gasteiger partial charge in [-0.1, -0.05) is 13.0 Å². The number of nitrogens with two attached hydrogens (primary N) is 1. The third kappa shape index (κ3) is 2.10. The molecule has 3 N–H and O–H groups in total. The molecule has 2 aromatic heterocycles. The van der Waals surface area contributed by atoms with Crippen LogP contribution in [0.3, 0.4) is 0 Å². The third-order valence-corrected chi connectivity index (χ3v) is 3.80. The molecule has 0 saturated carbocycles. The Bertz CT molecular complexity index is 721. The van der Waals surface area contributed by atoms with Crippen LogP contribution < -0.4 is 5.73 Å². The zero-order chi connectivity index (χ0) is 14.1. The summed E-state index contributed by atoms with van der Waals surface area (Å²) < 4.78 is 2.01. The number of fused-ring (bicyclic) bond motifs is 1. The number of nitrogens with zero attached hydrogens (tertiary/aromatic N) is 3. The standard InChI is InChI=1S/C15H19N5/c1-3-10(7-16)15-17-8-13(19-15)11-4-5-14-12(6-11)18-9-20(14)2/h4-6,8-10H,3,7,16H2,1-2H3,(H,17,19). The molecule has 0 radical (unpaired) electrons. The molecule has 3 rings (SSSR count). The first-order chi connectivity index (χ1) is 9.72. The first-order valence-corrected chi connectivity index (χ1v) is 6.89. The Morgan fingerprint density at radius 3 is 2.95 bits per heavy atom. The molecule has 1 unspecified atom stereocenters. The zero-order valence-corrected chi connectivity index (χ0v) is 11.8. The van der Waals surface area contributed by atoms with Crippen LogP contribution in [0, 0.1) is 0 Å². The van der Waals surface area contributed by atoms with Crippen molar-refractivity contribution >= 4 is 11.0 Å². The number of rotatable bonds is 4. The number of H-pyrrole nitrogens is 1. The van der Waals surface area contributed by atoms with Gasteiger partial charge in [0.25, 0.3) is 0 Å². The average molecular weight is 269 g/mol. The molecular weight excluding hydrogens is 250 g/mol. The Balaban J connectivity index is 1.98. The SMILES string of the molecule is CCC(CN)c1ncc(-c2ccc3c(c2)ncn3C)[nH]1. The van der Waals surface area contributed by atoms with Crippen molar-refractivity contribution in [1.82, 2.24) is 19.5 Å². The number of hydrogen-bond donors (Lipinski definition) is 2. The first-order valence-electron chi connectivity index (χ1n) is 6.89. The molecule has 1 aromatic carbocycles. The highest BCUT2D eigenvalue weighted by Crippen LogP contribution is 2.24. The molecule has 1 atom stereocenters. The highest BCUT2D eigenvalue weighted by molar-refractivity contribution is 5.81. The van der Waals surface area contributed by atoms with Gasteiger partial charge in [-0.15, -0.1) is 0 Å². The van der Waals surface area contributed by atoms with Crippen LogP contribution in [0.5, 0.6) is 0 Å². The minimum Gasteiger partial charge on any atom is -0.342 e. The lowest BCUT2D eigenvalue weighted by Crippen LogP contribution is -2.12. The summed E-state index contributed by atoms with van der Waals surface area (Å²) in [6.07, 6.45) is 4.69. The number of hydrogen-bond acceptors (Lipinski definition) is 3. The van der Waals surface area contributed by atoms with E-state index in [1.807, 2.05) is 24.1 Å². The molecule has 0 aliphatic carbocycles. The van der Waals surface area contributed by atoms with Crippen LogP contribution in [-0.2, 0) is 7.05 Å². The van der Waals surface area contributed by atoms with E-state index >= 15 is 0 Å². The van der Waals surface area contributed by atoms with Crippen molar-refractivity contribution in [2.24, 2.45) is 12.8 Å². The van der Waals surface area contributed by atoms with Gasteiger partial charge in [-0.05, 0) is 18.6 Å². The molecule has 3 aromatic rings. The molecule has 5 nitrogen and oxygen atoms in total. The maximum Gasteiger partial charge on any atom is 0.110 e. The van der Waals surface area contributed by atoms with Crippen LogP contribution in [0.1, 0.15) is 25.1 Å². The van der Waals surface area contributed by atoms with Gasteiger partial charge in [0.1, 0.15) is 5.82 Å². The molecule has 0 amide bonds. The minimum absolute atomic E-state index is 0.294. The van der Waals surface area contributed by atoms with Crippen LogP contribution in [0.15, 0.2) is 30.7 Å². The van der Waals surface area contributed by atoms with Gasteiger partial charge >= 0.3 is 0 Å². The second-order valence-electron chi connectivity index (χ2n) is 5.08.